The van der Waals surface area contributed by atoms with Crippen molar-refractivity contribution in [3.63, 3.8) is 0 Å². The summed E-state index contributed by atoms with van der Waals surface area (Å²) < 4.78 is 41.4. The summed E-state index contributed by atoms with van der Waals surface area (Å²) in [6.45, 7) is 1.90. The maximum absolute atomic E-state index is 13.0. The van der Waals surface area contributed by atoms with Crippen molar-refractivity contribution in [2.45, 2.75) is 11.8 Å². The van der Waals surface area contributed by atoms with Crippen molar-refractivity contribution in [3.05, 3.63) is 88.1 Å². The van der Waals surface area contributed by atoms with Gasteiger partial charge in [0.1, 0.15) is 5.82 Å². The van der Waals surface area contributed by atoms with Crippen LogP contribution in [0.5, 0.6) is 0 Å². The Kier molecular flexibility index (Phi) is 5.81. The van der Waals surface area contributed by atoms with Gasteiger partial charge in [-0.3, -0.25) is 9.52 Å². The molecule has 2 N–H and O–H groups in total. The lowest BCUT2D eigenvalue weighted by Crippen LogP contribution is -2.16. The molecule has 0 saturated carbocycles. The van der Waals surface area contributed by atoms with Crippen molar-refractivity contribution in [1.29, 1.82) is 0 Å². The van der Waals surface area contributed by atoms with Gasteiger partial charge in [-0.25, -0.2) is 12.8 Å². The number of halogens is 2. The van der Waals surface area contributed by atoms with Crippen molar-refractivity contribution >= 4 is 43.2 Å². The Labute approximate surface area is 170 Å². The van der Waals surface area contributed by atoms with Crippen LogP contribution in [0.15, 0.2) is 76.1 Å². The highest BCUT2D eigenvalue weighted by Crippen LogP contribution is 2.21. The zero-order valence-electron chi connectivity index (χ0n) is 14.7. The van der Waals surface area contributed by atoms with Crippen LogP contribution >= 0.6 is 15.9 Å². The van der Waals surface area contributed by atoms with Crippen LogP contribution in [0.1, 0.15) is 15.9 Å². The van der Waals surface area contributed by atoms with E-state index in [4.69, 9.17) is 0 Å². The molecule has 0 bridgehead atoms. The zero-order chi connectivity index (χ0) is 20.3. The number of carbonyl (C=O) groups excluding carboxylic acids is 1. The molecule has 3 rings (SSSR count). The molecule has 28 heavy (non-hydrogen) atoms. The molecule has 3 aromatic rings. The van der Waals surface area contributed by atoms with E-state index in [-0.39, 0.29) is 16.1 Å². The van der Waals surface area contributed by atoms with Gasteiger partial charge in [-0.05, 0) is 73.2 Å². The molecule has 0 aliphatic heterocycles. The number of carbonyl (C=O) groups is 1. The predicted octanol–water partition coefficient (Wildman–Crippen LogP) is 4.95. The largest absolute Gasteiger partial charge is 0.322 e. The minimum atomic E-state index is -3.93. The Morgan fingerprint density at radius 2 is 1.64 bits per heavy atom. The van der Waals surface area contributed by atoms with Gasteiger partial charge in [0, 0.05) is 21.4 Å². The summed E-state index contributed by atoms with van der Waals surface area (Å²) in [5, 5.41) is 2.74. The minimum absolute atomic E-state index is 0.0727. The van der Waals surface area contributed by atoms with Gasteiger partial charge < -0.3 is 5.32 Å². The van der Waals surface area contributed by atoms with E-state index in [1.807, 2.05) is 13.0 Å². The van der Waals surface area contributed by atoms with E-state index in [1.54, 1.807) is 12.1 Å². The van der Waals surface area contributed by atoms with Crippen LogP contribution < -0.4 is 10.0 Å². The van der Waals surface area contributed by atoms with E-state index >= 15 is 0 Å². The van der Waals surface area contributed by atoms with Crippen molar-refractivity contribution in [2.24, 2.45) is 0 Å². The third-order valence-electron chi connectivity index (χ3n) is 3.92. The molecule has 1 amide bonds. The molecular weight excluding hydrogens is 447 g/mol. The predicted molar refractivity (Wildman–Crippen MR) is 110 cm³/mol. The van der Waals surface area contributed by atoms with Gasteiger partial charge in [0.25, 0.3) is 15.9 Å². The Balaban J connectivity index is 1.81. The SMILES string of the molecule is Cc1cc(NC(=O)c2cccc(S(=O)(=O)Nc3ccc(F)cc3)c2)ccc1Br. The number of hydrogen-bond acceptors (Lipinski definition) is 3. The average molecular weight is 463 g/mol. The lowest BCUT2D eigenvalue weighted by atomic mass is 10.2. The number of hydrogen-bond donors (Lipinski definition) is 2. The van der Waals surface area contributed by atoms with Crippen LogP contribution in [0.3, 0.4) is 0 Å². The molecule has 0 spiro atoms. The average Bonchev–Trinajstić information content (AvgIpc) is 2.66. The molecule has 0 fully saturated rings. The molecular formula is C20H16BrFN2O3S. The Hall–Kier alpha value is -2.71. The number of anilines is 2. The summed E-state index contributed by atoms with van der Waals surface area (Å²) in [7, 11) is -3.93. The fraction of sp³-hybridized carbons (Fsp3) is 0.0500. The molecule has 0 aromatic heterocycles. The van der Waals surface area contributed by atoms with E-state index < -0.39 is 21.7 Å². The van der Waals surface area contributed by atoms with Crippen LogP contribution in [-0.2, 0) is 10.0 Å². The van der Waals surface area contributed by atoms with E-state index in [0.717, 1.165) is 22.2 Å². The monoisotopic (exact) mass is 462 g/mol. The summed E-state index contributed by atoms with van der Waals surface area (Å²) in [6.07, 6.45) is 0. The number of benzene rings is 3. The second-order valence-electron chi connectivity index (χ2n) is 6.06. The van der Waals surface area contributed by atoms with Gasteiger partial charge in [0.15, 0.2) is 0 Å². The molecule has 0 heterocycles. The summed E-state index contributed by atoms with van der Waals surface area (Å²) >= 11 is 3.40. The molecule has 144 valence electrons. The maximum atomic E-state index is 13.0. The first kappa shape index (κ1) is 20.0. The smallest absolute Gasteiger partial charge is 0.261 e. The maximum Gasteiger partial charge on any atom is 0.261 e. The first-order chi connectivity index (χ1) is 13.2. The standard InChI is InChI=1S/C20H16BrFN2O3S/c1-13-11-17(9-10-19(13)21)23-20(25)14-3-2-4-18(12-14)28(26,27)24-16-7-5-15(22)6-8-16/h2-12,24H,1H3,(H,23,25). The van der Waals surface area contributed by atoms with Gasteiger partial charge in [-0.15, -0.1) is 0 Å². The summed E-state index contributed by atoms with van der Waals surface area (Å²) in [6, 6.07) is 16.0. The molecule has 3 aromatic carbocycles. The van der Waals surface area contributed by atoms with Crippen molar-refractivity contribution in [1.82, 2.24) is 0 Å². The van der Waals surface area contributed by atoms with Gasteiger partial charge >= 0.3 is 0 Å². The van der Waals surface area contributed by atoms with Crippen LogP contribution in [0.25, 0.3) is 0 Å². The number of aryl methyl sites for hydroxylation is 1. The second-order valence-corrected chi connectivity index (χ2v) is 8.60. The topological polar surface area (TPSA) is 75.3 Å². The minimum Gasteiger partial charge on any atom is -0.322 e. The van der Waals surface area contributed by atoms with Crippen LogP contribution in [0, 0.1) is 12.7 Å². The Morgan fingerprint density at radius 1 is 0.964 bits per heavy atom. The molecule has 0 atom stereocenters. The lowest BCUT2D eigenvalue weighted by Gasteiger charge is -2.10. The molecule has 0 saturated heterocycles. The van der Waals surface area contributed by atoms with Crippen molar-refractivity contribution in [2.75, 3.05) is 10.0 Å². The highest BCUT2D eigenvalue weighted by Gasteiger charge is 2.17. The molecule has 0 unspecified atom stereocenters. The van der Waals surface area contributed by atoms with Gasteiger partial charge in [0.2, 0.25) is 0 Å². The molecule has 0 aliphatic rings. The third kappa shape index (κ3) is 4.76. The summed E-state index contributed by atoms with van der Waals surface area (Å²) in [5.41, 5.74) is 1.98. The fourth-order valence-electron chi connectivity index (χ4n) is 2.46. The Morgan fingerprint density at radius 3 is 2.32 bits per heavy atom. The summed E-state index contributed by atoms with van der Waals surface area (Å²) in [5.74, 6) is -0.898. The molecule has 0 radical (unpaired) electrons. The highest BCUT2D eigenvalue weighted by atomic mass is 79.9. The Bertz CT molecular complexity index is 1130. The quantitative estimate of drug-likeness (QED) is 0.563. The summed E-state index contributed by atoms with van der Waals surface area (Å²) in [4.78, 5) is 12.4. The zero-order valence-corrected chi connectivity index (χ0v) is 17.1. The fourth-order valence-corrected chi connectivity index (χ4v) is 3.81. The van der Waals surface area contributed by atoms with Crippen molar-refractivity contribution < 1.29 is 17.6 Å². The van der Waals surface area contributed by atoms with Crippen LogP contribution in [0.4, 0.5) is 15.8 Å². The van der Waals surface area contributed by atoms with E-state index in [1.165, 1.54) is 36.4 Å². The van der Waals surface area contributed by atoms with Crippen LogP contribution in [-0.4, -0.2) is 14.3 Å². The number of sulfonamides is 1. The molecule has 8 heteroatoms. The number of nitrogens with one attached hydrogen (secondary N) is 2. The van der Waals surface area contributed by atoms with Crippen molar-refractivity contribution in [3.8, 4) is 0 Å². The van der Waals surface area contributed by atoms with Crippen LogP contribution in [0.2, 0.25) is 0 Å². The number of rotatable bonds is 5. The normalized spacial score (nSPS) is 11.1. The molecule has 5 nitrogen and oxygen atoms in total. The second kappa shape index (κ2) is 8.12. The van der Waals surface area contributed by atoms with Gasteiger partial charge in [0.05, 0.1) is 4.90 Å². The number of amides is 1. The van der Waals surface area contributed by atoms with E-state index in [0.29, 0.717) is 5.69 Å². The highest BCUT2D eigenvalue weighted by molar-refractivity contribution is 9.10. The van der Waals surface area contributed by atoms with Gasteiger partial charge in [-0.2, -0.15) is 0 Å². The molecule has 0 aliphatic carbocycles. The van der Waals surface area contributed by atoms with E-state index in [2.05, 4.69) is 26.0 Å². The third-order valence-corrected chi connectivity index (χ3v) is 6.19. The lowest BCUT2D eigenvalue weighted by molar-refractivity contribution is 0.102. The van der Waals surface area contributed by atoms with E-state index in [9.17, 15) is 17.6 Å². The van der Waals surface area contributed by atoms with Gasteiger partial charge in [-0.1, -0.05) is 22.0 Å². The first-order valence-electron chi connectivity index (χ1n) is 8.20. The first-order valence-corrected chi connectivity index (χ1v) is 10.5.